The second kappa shape index (κ2) is 35.2. The van der Waals surface area contributed by atoms with Crippen LogP contribution in [0.2, 0.25) is 0 Å². The number of methoxy groups -OCH3 is 1. The molecular formula is C35H68O6. The Labute approximate surface area is 255 Å². The maximum absolute atomic E-state index is 5.51. The fourth-order valence-electron chi connectivity index (χ4n) is 3.55. The SMILES string of the molecule is CC(C)OCc1ccccc1.CCCCCCCCCCCCOC(C)C.COCCOCCOCCOC(C)C. The van der Waals surface area contributed by atoms with Crippen molar-refractivity contribution in [2.75, 3.05) is 53.4 Å². The van der Waals surface area contributed by atoms with E-state index < -0.39 is 0 Å². The summed E-state index contributed by atoms with van der Waals surface area (Å²) in [7, 11) is 1.66. The Kier molecular flexibility index (Phi) is 36.1. The van der Waals surface area contributed by atoms with Crippen LogP contribution in [-0.4, -0.2) is 71.7 Å². The third kappa shape index (κ3) is 41.2. The minimum absolute atomic E-state index is 0.275. The largest absolute Gasteiger partial charge is 0.382 e. The van der Waals surface area contributed by atoms with Crippen molar-refractivity contribution in [2.45, 2.75) is 138 Å². The summed E-state index contributed by atoms with van der Waals surface area (Å²) >= 11 is 0. The summed E-state index contributed by atoms with van der Waals surface area (Å²) in [6, 6.07) is 10.2. The van der Waals surface area contributed by atoms with Crippen LogP contribution in [0.3, 0.4) is 0 Å². The predicted molar refractivity (Wildman–Crippen MR) is 174 cm³/mol. The molecule has 0 spiro atoms. The van der Waals surface area contributed by atoms with Gasteiger partial charge in [-0.3, -0.25) is 0 Å². The Morgan fingerprint density at radius 2 is 0.927 bits per heavy atom. The Morgan fingerprint density at radius 1 is 0.488 bits per heavy atom. The highest BCUT2D eigenvalue weighted by molar-refractivity contribution is 5.13. The normalized spacial score (nSPS) is 11.0. The summed E-state index contributed by atoms with van der Waals surface area (Å²) in [5, 5.41) is 0. The van der Waals surface area contributed by atoms with Crippen LogP contribution in [-0.2, 0) is 35.0 Å². The zero-order valence-electron chi connectivity index (χ0n) is 28.3. The van der Waals surface area contributed by atoms with Gasteiger partial charge in [0, 0.05) is 13.7 Å². The Bertz CT molecular complexity index is 579. The first-order valence-corrected chi connectivity index (χ1v) is 16.4. The van der Waals surface area contributed by atoms with E-state index in [9.17, 15) is 0 Å². The van der Waals surface area contributed by atoms with Crippen LogP contribution in [0, 0.1) is 0 Å². The van der Waals surface area contributed by atoms with Crippen LogP contribution in [0.1, 0.15) is 118 Å². The molecule has 1 aromatic rings. The van der Waals surface area contributed by atoms with Crippen molar-refractivity contribution in [2.24, 2.45) is 0 Å². The van der Waals surface area contributed by atoms with E-state index in [0.29, 0.717) is 51.8 Å². The highest BCUT2D eigenvalue weighted by atomic mass is 16.6. The van der Waals surface area contributed by atoms with Crippen LogP contribution >= 0.6 is 0 Å². The molecule has 1 aromatic carbocycles. The summed E-state index contributed by atoms with van der Waals surface area (Å²) in [4.78, 5) is 0. The summed E-state index contributed by atoms with van der Waals surface area (Å²) in [5.74, 6) is 0. The van der Waals surface area contributed by atoms with E-state index in [-0.39, 0.29) is 6.10 Å². The fraction of sp³-hybridized carbons (Fsp3) is 0.829. The molecule has 0 atom stereocenters. The summed E-state index contributed by atoms with van der Waals surface area (Å²) < 4.78 is 31.6. The molecule has 0 aromatic heterocycles. The topological polar surface area (TPSA) is 55.4 Å². The van der Waals surface area contributed by atoms with Crippen LogP contribution in [0.5, 0.6) is 0 Å². The van der Waals surface area contributed by atoms with Gasteiger partial charge in [-0.1, -0.05) is 95.0 Å². The first-order valence-electron chi connectivity index (χ1n) is 16.4. The third-order valence-corrected chi connectivity index (χ3v) is 5.86. The molecule has 6 nitrogen and oxygen atoms in total. The molecule has 0 aliphatic heterocycles. The van der Waals surface area contributed by atoms with E-state index in [1.165, 1.54) is 69.8 Å². The van der Waals surface area contributed by atoms with E-state index in [1.807, 2.05) is 45.9 Å². The van der Waals surface area contributed by atoms with Crippen molar-refractivity contribution in [1.29, 1.82) is 0 Å². The Hall–Kier alpha value is -1.02. The molecule has 41 heavy (non-hydrogen) atoms. The molecule has 0 aliphatic carbocycles. The number of unbranched alkanes of at least 4 members (excludes halogenated alkanes) is 9. The first kappa shape index (κ1) is 42.1. The van der Waals surface area contributed by atoms with Gasteiger partial charge in [0.15, 0.2) is 0 Å². The zero-order chi connectivity index (χ0) is 30.8. The lowest BCUT2D eigenvalue weighted by Gasteiger charge is -2.08. The smallest absolute Gasteiger partial charge is 0.0720 e. The van der Waals surface area contributed by atoms with Gasteiger partial charge in [0.25, 0.3) is 0 Å². The molecule has 1 rings (SSSR count). The van der Waals surface area contributed by atoms with Crippen LogP contribution in [0.25, 0.3) is 0 Å². The molecular weight excluding hydrogens is 516 g/mol. The minimum atomic E-state index is 0.275. The molecule has 0 saturated carbocycles. The highest BCUT2D eigenvalue weighted by Crippen LogP contribution is 2.10. The van der Waals surface area contributed by atoms with Crippen molar-refractivity contribution in [3.8, 4) is 0 Å². The third-order valence-electron chi connectivity index (χ3n) is 5.86. The van der Waals surface area contributed by atoms with Gasteiger partial charge in [-0.25, -0.2) is 0 Å². The molecule has 0 aliphatic rings. The van der Waals surface area contributed by atoms with Crippen LogP contribution in [0.15, 0.2) is 30.3 Å². The maximum Gasteiger partial charge on any atom is 0.0720 e. The van der Waals surface area contributed by atoms with Crippen molar-refractivity contribution >= 4 is 0 Å². The quantitative estimate of drug-likeness (QED) is 0.107. The standard InChI is InChI=1S/C15H32O.C10H22O4.C10H14O/c1-4-5-6-7-8-9-10-11-12-13-14-16-15(2)3;1-10(2)14-9-8-13-7-6-12-5-4-11-3;1-9(2)11-8-10-6-4-3-5-7-10/h15H,4-14H2,1-3H3;10H,4-9H2,1-3H3;3-7,9H,8H2,1-2H3. The van der Waals surface area contributed by atoms with Gasteiger partial charge in [0.05, 0.1) is 64.6 Å². The Balaban J connectivity index is 0. The zero-order valence-corrected chi connectivity index (χ0v) is 28.3. The van der Waals surface area contributed by atoms with E-state index in [2.05, 4.69) is 32.9 Å². The molecule has 0 heterocycles. The van der Waals surface area contributed by atoms with Crippen molar-refractivity contribution in [3.05, 3.63) is 35.9 Å². The Morgan fingerprint density at radius 3 is 1.41 bits per heavy atom. The second-order valence-corrected chi connectivity index (χ2v) is 11.1. The van der Waals surface area contributed by atoms with Crippen molar-refractivity contribution < 1.29 is 28.4 Å². The summed E-state index contributed by atoms with van der Waals surface area (Å²) in [5.41, 5.74) is 1.24. The molecule has 0 bridgehead atoms. The van der Waals surface area contributed by atoms with E-state index in [1.54, 1.807) is 7.11 Å². The summed E-state index contributed by atoms with van der Waals surface area (Å²) in [6.45, 7) is 20.0. The number of hydrogen-bond acceptors (Lipinski definition) is 6. The average molecular weight is 585 g/mol. The highest BCUT2D eigenvalue weighted by Gasteiger charge is 1.96. The van der Waals surface area contributed by atoms with Gasteiger partial charge >= 0.3 is 0 Å². The van der Waals surface area contributed by atoms with Crippen molar-refractivity contribution in [1.82, 2.24) is 0 Å². The van der Waals surface area contributed by atoms with Gasteiger partial charge in [0.1, 0.15) is 0 Å². The monoisotopic (exact) mass is 585 g/mol. The van der Waals surface area contributed by atoms with Gasteiger partial charge in [-0.05, 0) is 53.5 Å². The molecule has 0 fully saturated rings. The van der Waals surface area contributed by atoms with Gasteiger partial charge in [-0.15, -0.1) is 0 Å². The van der Waals surface area contributed by atoms with Gasteiger partial charge in [-0.2, -0.15) is 0 Å². The second-order valence-electron chi connectivity index (χ2n) is 11.1. The predicted octanol–water partition coefficient (Wildman–Crippen LogP) is 9.03. The number of benzene rings is 1. The minimum Gasteiger partial charge on any atom is -0.382 e. The lowest BCUT2D eigenvalue weighted by Crippen LogP contribution is -2.13. The van der Waals surface area contributed by atoms with Crippen LogP contribution in [0.4, 0.5) is 0 Å². The van der Waals surface area contributed by atoms with E-state index in [4.69, 9.17) is 28.4 Å². The molecule has 6 heteroatoms. The molecule has 0 radical (unpaired) electrons. The van der Waals surface area contributed by atoms with Gasteiger partial charge in [0.2, 0.25) is 0 Å². The maximum atomic E-state index is 5.51. The molecule has 244 valence electrons. The van der Waals surface area contributed by atoms with E-state index >= 15 is 0 Å². The number of rotatable bonds is 25. The number of ether oxygens (including phenoxy) is 6. The average Bonchev–Trinajstić information content (AvgIpc) is 2.95. The van der Waals surface area contributed by atoms with Gasteiger partial charge < -0.3 is 28.4 Å². The lowest BCUT2D eigenvalue weighted by atomic mass is 10.1. The molecule has 0 N–H and O–H groups in total. The molecule has 0 saturated heterocycles. The van der Waals surface area contributed by atoms with Crippen molar-refractivity contribution in [3.63, 3.8) is 0 Å². The number of hydrogen-bond donors (Lipinski definition) is 0. The van der Waals surface area contributed by atoms with E-state index in [0.717, 1.165) is 13.2 Å². The molecule has 0 unspecified atom stereocenters. The summed E-state index contributed by atoms with van der Waals surface area (Å²) in [6.07, 6.45) is 15.0. The fourth-order valence-corrected chi connectivity index (χ4v) is 3.55. The lowest BCUT2D eigenvalue weighted by molar-refractivity contribution is -0.00820. The van der Waals surface area contributed by atoms with Crippen LogP contribution < -0.4 is 0 Å². The first-order chi connectivity index (χ1) is 19.8. The molecule has 0 amide bonds.